The van der Waals surface area contributed by atoms with E-state index in [0.29, 0.717) is 5.75 Å². The third-order valence-electron chi connectivity index (χ3n) is 5.84. The van der Waals surface area contributed by atoms with Crippen LogP contribution in [0.3, 0.4) is 0 Å². The highest BCUT2D eigenvalue weighted by atomic mass is 32.2. The molecule has 1 saturated heterocycles. The topological polar surface area (TPSA) is 140 Å². The largest absolute Gasteiger partial charge is 0.497 e. The van der Waals surface area contributed by atoms with Crippen molar-refractivity contribution in [1.82, 2.24) is 19.6 Å². The van der Waals surface area contributed by atoms with Crippen molar-refractivity contribution < 1.29 is 31.8 Å². The van der Waals surface area contributed by atoms with Crippen molar-refractivity contribution >= 4 is 26.8 Å². The fourth-order valence-corrected chi connectivity index (χ4v) is 4.78. The lowest BCUT2D eigenvalue weighted by molar-refractivity contribution is -0.0115. The minimum Gasteiger partial charge on any atom is -0.497 e. The van der Waals surface area contributed by atoms with E-state index in [4.69, 9.17) is 14.2 Å². The van der Waals surface area contributed by atoms with Gasteiger partial charge >= 0.3 is 0 Å². The zero-order valence-electron chi connectivity index (χ0n) is 20.3. The van der Waals surface area contributed by atoms with Gasteiger partial charge in [-0.2, -0.15) is 4.31 Å². The highest BCUT2D eigenvalue weighted by Gasteiger charge is 2.26. The number of hydrogen-bond donors (Lipinski definition) is 2. The molecule has 1 unspecified atom stereocenters. The van der Waals surface area contributed by atoms with Gasteiger partial charge in [0.2, 0.25) is 10.0 Å². The second kappa shape index (κ2) is 11.2. The number of aromatic nitrogens is 2. The van der Waals surface area contributed by atoms with E-state index in [1.807, 2.05) is 6.07 Å². The van der Waals surface area contributed by atoms with Crippen LogP contribution in [-0.4, -0.2) is 74.4 Å². The summed E-state index contributed by atoms with van der Waals surface area (Å²) in [7, 11) is -1.81. The monoisotopic (exact) mass is 534 g/mol. The maximum atomic E-state index is 14.6. The Morgan fingerprint density at radius 3 is 2.89 bits per heavy atom. The number of ether oxygens (including phenoxy) is 3. The summed E-state index contributed by atoms with van der Waals surface area (Å²) >= 11 is 0. The van der Waals surface area contributed by atoms with E-state index >= 15 is 0 Å². The molecule has 1 aromatic heterocycles. The van der Waals surface area contributed by atoms with E-state index in [0.717, 1.165) is 17.9 Å². The number of fused-ring (bicyclic) bond motifs is 1. The number of carbonyl (C=O) groups excluding carboxylic acids is 1. The van der Waals surface area contributed by atoms with Crippen LogP contribution < -0.4 is 20.3 Å². The Balaban J connectivity index is 1.46. The smallest absolute Gasteiger partial charge is 0.287 e. The van der Waals surface area contributed by atoms with E-state index in [1.54, 1.807) is 25.3 Å². The Labute approximate surface area is 212 Å². The van der Waals surface area contributed by atoms with Gasteiger partial charge in [-0.1, -0.05) is 12.1 Å². The minimum absolute atomic E-state index is 0.0273. The van der Waals surface area contributed by atoms with Gasteiger partial charge in [-0.05, 0) is 29.8 Å². The summed E-state index contributed by atoms with van der Waals surface area (Å²) in [4.78, 5) is 32.0. The molecule has 198 valence electrons. The lowest BCUT2D eigenvalue weighted by atomic mass is 10.2. The average Bonchev–Trinajstić information content (AvgIpc) is 2.88. The number of sulfonamides is 1. The number of nitrogens with one attached hydrogen (secondary N) is 2. The van der Waals surface area contributed by atoms with Crippen LogP contribution in [-0.2, 0) is 21.3 Å². The van der Waals surface area contributed by atoms with Crippen LogP contribution in [0.15, 0.2) is 41.2 Å². The first-order valence-corrected chi connectivity index (χ1v) is 13.3. The minimum atomic E-state index is -3.35. The number of morpholine rings is 1. The fourth-order valence-electron chi connectivity index (χ4n) is 3.94. The zero-order valence-corrected chi connectivity index (χ0v) is 21.1. The molecule has 11 nitrogen and oxygen atoms in total. The Morgan fingerprint density at radius 1 is 1.32 bits per heavy atom. The standard InChI is InChI=1S/C24H27FN4O7S/c1-34-16-5-3-4-15(12-16)13-26-24(31)22-27-19-7-6-18(25)21(20(19)23(30)28-22)36-10-8-17-14-29(9-11-35-17)37(2,32)33/h3-7,12,17H,8-11,13-14H2,1-2H3,(H,26,31)(H,27,28,30). The second-order valence-electron chi connectivity index (χ2n) is 8.47. The molecular weight excluding hydrogens is 507 g/mol. The molecule has 0 radical (unpaired) electrons. The molecule has 0 aliphatic carbocycles. The number of amides is 1. The molecule has 0 saturated carbocycles. The Bertz CT molecular complexity index is 1460. The highest BCUT2D eigenvalue weighted by Crippen LogP contribution is 2.26. The summed E-state index contributed by atoms with van der Waals surface area (Å²) in [6, 6.07) is 9.53. The number of nitrogens with zero attached hydrogens (tertiary/aromatic N) is 2. The van der Waals surface area contributed by atoms with Crippen LogP contribution in [0.2, 0.25) is 0 Å². The zero-order chi connectivity index (χ0) is 26.6. The summed E-state index contributed by atoms with van der Waals surface area (Å²) < 4.78 is 55.8. The predicted molar refractivity (Wildman–Crippen MR) is 133 cm³/mol. The molecular formula is C24H27FN4O7S. The summed E-state index contributed by atoms with van der Waals surface area (Å²) in [5, 5.41) is 2.54. The first-order valence-electron chi connectivity index (χ1n) is 11.5. The van der Waals surface area contributed by atoms with E-state index in [2.05, 4.69) is 15.3 Å². The van der Waals surface area contributed by atoms with Crippen molar-refractivity contribution in [3.63, 3.8) is 0 Å². The Hall–Kier alpha value is -3.55. The first kappa shape index (κ1) is 26.5. The van der Waals surface area contributed by atoms with E-state index in [1.165, 1.54) is 10.4 Å². The summed E-state index contributed by atoms with van der Waals surface area (Å²) in [6.45, 7) is 0.823. The molecule has 0 spiro atoms. The molecule has 0 bridgehead atoms. The third-order valence-corrected chi connectivity index (χ3v) is 7.11. The molecule has 1 amide bonds. The number of hydrogen-bond acceptors (Lipinski definition) is 8. The van der Waals surface area contributed by atoms with Gasteiger partial charge in [0.1, 0.15) is 11.1 Å². The van der Waals surface area contributed by atoms with Gasteiger partial charge in [-0.25, -0.2) is 17.8 Å². The van der Waals surface area contributed by atoms with Crippen LogP contribution in [0.1, 0.15) is 22.6 Å². The molecule has 1 fully saturated rings. The molecule has 1 aliphatic heterocycles. The molecule has 2 N–H and O–H groups in total. The van der Waals surface area contributed by atoms with Crippen molar-refractivity contribution in [2.75, 3.05) is 39.7 Å². The lowest BCUT2D eigenvalue weighted by Gasteiger charge is -2.31. The van der Waals surface area contributed by atoms with E-state index < -0.39 is 33.4 Å². The number of benzene rings is 2. The molecule has 13 heteroatoms. The SMILES string of the molecule is COc1cccc(CNC(=O)c2nc3ccc(F)c(OCCC4CN(S(C)(=O)=O)CCO4)c3c(=O)[nH]2)c1. The maximum absolute atomic E-state index is 14.6. The van der Waals surface area contributed by atoms with Gasteiger partial charge in [0.25, 0.3) is 11.5 Å². The number of carbonyl (C=O) groups is 1. The van der Waals surface area contributed by atoms with Gasteiger partial charge in [-0.15, -0.1) is 0 Å². The third kappa shape index (κ3) is 6.42. The van der Waals surface area contributed by atoms with Crippen molar-refractivity contribution in [2.45, 2.75) is 19.1 Å². The molecule has 1 atom stereocenters. The predicted octanol–water partition coefficient (Wildman–Crippen LogP) is 1.43. The fraction of sp³-hybridized carbons (Fsp3) is 0.375. The maximum Gasteiger partial charge on any atom is 0.287 e. The lowest BCUT2D eigenvalue weighted by Crippen LogP contribution is -2.45. The number of rotatable bonds is 9. The van der Waals surface area contributed by atoms with Crippen LogP contribution in [0, 0.1) is 5.82 Å². The molecule has 3 aromatic rings. The molecule has 1 aliphatic rings. The molecule has 2 heterocycles. The van der Waals surface area contributed by atoms with Gasteiger partial charge in [0.15, 0.2) is 17.4 Å². The summed E-state index contributed by atoms with van der Waals surface area (Å²) in [5.74, 6) is -1.27. The van der Waals surface area contributed by atoms with Gasteiger partial charge in [0, 0.05) is 26.1 Å². The first-order chi connectivity index (χ1) is 17.7. The van der Waals surface area contributed by atoms with E-state index in [-0.39, 0.29) is 61.7 Å². The van der Waals surface area contributed by atoms with Crippen LogP contribution in [0.5, 0.6) is 11.5 Å². The normalized spacial score (nSPS) is 16.5. The quantitative estimate of drug-likeness (QED) is 0.420. The summed E-state index contributed by atoms with van der Waals surface area (Å²) in [5.41, 5.74) is 0.141. The molecule has 4 rings (SSSR count). The number of H-pyrrole nitrogens is 1. The van der Waals surface area contributed by atoms with Gasteiger partial charge < -0.3 is 24.5 Å². The van der Waals surface area contributed by atoms with Crippen LogP contribution >= 0.6 is 0 Å². The van der Waals surface area contributed by atoms with Gasteiger partial charge in [-0.3, -0.25) is 9.59 Å². The average molecular weight is 535 g/mol. The van der Waals surface area contributed by atoms with E-state index in [9.17, 15) is 22.4 Å². The molecule has 37 heavy (non-hydrogen) atoms. The Morgan fingerprint density at radius 2 is 2.14 bits per heavy atom. The second-order valence-corrected chi connectivity index (χ2v) is 10.5. The summed E-state index contributed by atoms with van der Waals surface area (Å²) in [6.07, 6.45) is 0.972. The van der Waals surface area contributed by atoms with Crippen LogP contribution in [0.4, 0.5) is 4.39 Å². The van der Waals surface area contributed by atoms with Crippen molar-refractivity contribution in [2.24, 2.45) is 0 Å². The van der Waals surface area contributed by atoms with Crippen molar-refractivity contribution in [1.29, 1.82) is 0 Å². The van der Waals surface area contributed by atoms with Crippen molar-refractivity contribution in [3.8, 4) is 11.5 Å². The Kier molecular flexibility index (Phi) is 8.05. The number of aromatic amines is 1. The number of halogens is 1. The van der Waals surface area contributed by atoms with Crippen LogP contribution in [0.25, 0.3) is 10.9 Å². The van der Waals surface area contributed by atoms with Gasteiger partial charge in [0.05, 0.1) is 38.2 Å². The van der Waals surface area contributed by atoms with Crippen molar-refractivity contribution in [3.05, 3.63) is 64.0 Å². The number of methoxy groups -OCH3 is 1. The highest BCUT2D eigenvalue weighted by molar-refractivity contribution is 7.88. The molecule has 2 aromatic carbocycles.